The van der Waals surface area contributed by atoms with Gasteiger partial charge in [0.2, 0.25) is 0 Å². The summed E-state index contributed by atoms with van der Waals surface area (Å²) in [6.07, 6.45) is 11.4. The Hall–Kier alpha value is -0.710. The van der Waals surface area contributed by atoms with Gasteiger partial charge in [-0.25, -0.2) is 0 Å². The molecule has 5 aliphatic rings. The minimum Gasteiger partial charge on any atom is -0.389 e. The zero-order chi connectivity index (χ0) is 18.8. The van der Waals surface area contributed by atoms with Gasteiger partial charge in [0.05, 0.1) is 17.8 Å². The number of carbonyl (C=O) groups is 1. The molecule has 8 unspecified atom stereocenters. The van der Waals surface area contributed by atoms with Crippen molar-refractivity contribution in [2.45, 2.75) is 89.1 Å². The van der Waals surface area contributed by atoms with Crippen molar-refractivity contribution in [1.82, 2.24) is 0 Å². The summed E-state index contributed by atoms with van der Waals surface area (Å²) in [4.78, 5) is 11.5. The van der Waals surface area contributed by atoms with E-state index >= 15 is 0 Å². The molecule has 2 aliphatic heterocycles. The van der Waals surface area contributed by atoms with E-state index in [0.29, 0.717) is 29.8 Å². The van der Waals surface area contributed by atoms with Gasteiger partial charge in [-0.1, -0.05) is 25.5 Å². The molecule has 0 aromatic carbocycles. The Bertz CT molecular complexity index is 640. The van der Waals surface area contributed by atoms with Crippen LogP contribution in [-0.4, -0.2) is 41.9 Å². The molecular formula is C23H34O4. The van der Waals surface area contributed by atoms with Crippen molar-refractivity contribution in [2.75, 3.05) is 6.61 Å². The van der Waals surface area contributed by atoms with Crippen LogP contribution in [0.1, 0.15) is 65.2 Å². The van der Waals surface area contributed by atoms with E-state index < -0.39 is 5.60 Å². The number of fused-ring (bicyclic) bond motifs is 8. The standard InChI is InChI=1S/C23H34O4/c1-22(2)19-4-3-10-23(22,25)12-18-15-9-11-26-20(15)8-7-16(18)21-17(19)6-5-14(13-24)27-21/h4,13-18,20-21,25H,3,5-12H2,1-2H3. The van der Waals surface area contributed by atoms with Crippen LogP contribution in [0.25, 0.3) is 0 Å². The molecule has 8 atom stereocenters. The molecule has 27 heavy (non-hydrogen) atoms. The molecule has 4 fully saturated rings. The van der Waals surface area contributed by atoms with E-state index in [1.54, 1.807) is 0 Å². The van der Waals surface area contributed by atoms with Crippen LogP contribution in [-0.2, 0) is 14.3 Å². The maximum absolute atomic E-state index is 11.9. The molecule has 0 radical (unpaired) electrons. The Morgan fingerprint density at radius 3 is 2.78 bits per heavy atom. The lowest BCUT2D eigenvalue weighted by atomic mass is 9.50. The fourth-order valence-electron chi connectivity index (χ4n) is 7.42. The second-order valence-electron chi connectivity index (χ2n) is 10.3. The average molecular weight is 375 g/mol. The molecule has 2 saturated carbocycles. The molecule has 5 rings (SSSR count). The van der Waals surface area contributed by atoms with Crippen LogP contribution in [0.5, 0.6) is 0 Å². The highest BCUT2D eigenvalue weighted by molar-refractivity contribution is 5.56. The van der Waals surface area contributed by atoms with E-state index in [0.717, 1.165) is 64.3 Å². The molecule has 0 aromatic heterocycles. The second-order valence-corrected chi connectivity index (χ2v) is 10.3. The monoisotopic (exact) mass is 374 g/mol. The first kappa shape index (κ1) is 18.3. The normalized spacial score (nSPS) is 51.1. The lowest BCUT2D eigenvalue weighted by Crippen LogP contribution is -2.59. The van der Waals surface area contributed by atoms with Crippen molar-refractivity contribution in [2.24, 2.45) is 29.1 Å². The largest absolute Gasteiger partial charge is 0.389 e. The van der Waals surface area contributed by atoms with Gasteiger partial charge in [0.1, 0.15) is 12.4 Å². The Morgan fingerprint density at radius 2 is 1.96 bits per heavy atom. The summed E-state index contributed by atoms with van der Waals surface area (Å²) in [5.74, 6) is 1.75. The van der Waals surface area contributed by atoms with Gasteiger partial charge in [0.15, 0.2) is 0 Å². The maximum Gasteiger partial charge on any atom is 0.148 e. The van der Waals surface area contributed by atoms with E-state index in [-0.39, 0.29) is 17.6 Å². The summed E-state index contributed by atoms with van der Waals surface area (Å²) in [6, 6.07) is 0. The molecule has 150 valence electrons. The smallest absolute Gasteiger partial charge is 0.148 e. The molecule has 1 N–H and O–H groups in total. The van der Waals surface area contributed by atoms with E-state index in [2.05, 4.69) is 19.9 Å². The van der Waals surface area contributed by atoms with Crippen molar-refractivity contribution in [1.29, 1.82) is 0 Å². The Labute approximate surface area is 162 Å². The summed E-state index contributed by atoms with van der Waals surface area (Å²) < 4.78 is 12.5. The summed E-state index contributed by atoms with van der Waals surface area (Å²) in [5.41, 5.74) is 0.522. The van der Waals surface area contributed by atoms with Gasteiger partial charge in [-0.15, -0.1) is 0 Å². The Balaban J connectivity index is 1.60. The number of aldehydes is 1. The maximum atomic E-state index is 11.9. The highest BCUT2D eigenvalue weighted by Gasteiger charge is 2.59. The molecule has 2 saturated heterocycles. The van der Waals surface area contributed by atoms with E-state index in [1.165, 1.54) is 5.57 Å². The molecule has 0 amide bonds. The van der Waals surface area contributed by atoms with Crippen molar-refractivity contribution >= 4 is 6.29 Å². The number of rotatable bonds is 1. The first-order chi connectivity index (χ1) is 12.9. The zero-order valence-electron chi connectivity index (χ0n) is 16.7. The van der Waals surface area contributed by atoms with Crippen molar-refractivity contribution in [3.05, 3.63) is 11.6 Å². The molecule has 3 aliphatic carbocycles. The molecule has 4 nitrogen and oxygen atoms in total. The van der Waals surface area contributed by atoms with Crippen molar-refractivity contribution in [3.63, 3.8) is 0 Å². The van der Waals surface area contributed by atoms with Crippen LogP contribution in [0.15, 0.2) is 11.6 Å². The minimum absolute atomic E-state index is 0.119. The fourth-order valence-corrected chi connectivity index (χ4v) is 7.42. The van der Waals surface area contributed by atoms with Crippen molar-refractivity contribution in [3.8, 4) is 0 Å². The highest BCUT2D eigenvalue weighted by atomic mass is 16.5. The van der Waals surface area contributed by atoms with Gasteiger partial charge < -0.3 is 19.4 Å². The number of hydrogen-bond acceptors (Lipinski definition) is 4. The van der Waals surface area contributed by atoms with Gasteiger partial charge in [-0.05, 0) is 69.1 Å². The zero-order valence-corrected chi connectivity index (χ0v) is 16.7. The predicted molar refractivity (Wildman–Crippen MR) is 102 cm³/mol. The second kappa shape index (κ2) is 6.40. The lowest BCUT2D eigenvalue weighted by molar-refractivity contribution is -0.176. The first-order valence-corrected chi connectivity index (χ1v) is 11.1. The van der Waals surface area contributed by atoms with Gasteiger partial charge in [-0.3, -0.25) is 0 Å². The quantitative estimate of drug-likeness (QED) is 0.562. The number of hydrogen-bond donors (Lipinski definition) is 1. The van der Waals surface area contributed by atoms with Crippen molar-refractivity contribution < 1.29 is 19.4 Å². The van der Waals surface area contributed by atoms with E-state index in [9.17, 15) is 9.90 Å². The number of aliphatic hydroxyl groups is 1. The first-order valence-electron chi connectivity index (χ1n) is 11.1. The average Bonchev–Trinajstić information content (AvgIpc) is 3.13. The third-order valence-corrected chi connectivity index (χ3v) is 8.99. The van der Waals surface area contributed by atoms with Crippen LogP contribution in [0.4, 0.5) is 0 Å². The molecule has 0 aromatic rings. The van der Waals surface area contributed by atoms with Gasteiger partial charge in [0, 0.05) is 17.9 Å². The molecular weight excluding hydrogens is 340 g/mol. The fraction of sp³-hybridized carbons (Fsp3) is 0.870. The predicted octanol–water partition coefficient (Wildman–Crippen LogP) is 3.66. The number of allylic oxidation sites excluding steroid dienone is 1. The van der Waals surface area contributed by atoms with Gasteiger partial charge in [0.25, 0.3) is 0 Å². The SMILES string of the molecule is CC1(C)C2=CCCC1(O)CC1C3CCOC3CCC1C1OC(C=O)CCC21. The molecule has 2 bridgehead atoms. The topological polar surface area (TPSA) is 55.8 Å². The number of carbonyl (C=O) groups excluding carboxylic acids is 1. The Morgan fingerprint density at radius 1 is 1.11 bits per heavy atom. The summed E-state index contributed by atoms with van der Waals surface area (Å²) in [7, 11) is 0. The highest BCUT2D eigenvalue weighted by Crippen LogP contribution is 2.60. The summed E-state index contributed by atoms with van der Waals surface area (Å²) >= 11 is 0. The minimum atomic E-state index is -0.642. The van der Waals surface area contributed by atoms with Gasteiger partial charge in [-0.2, -0.15) is 0 Å². The lowest BCUT2D eigenvalue weighted by Gasteiger charge is -2.59. The van der Waals surface area contributed by atoms with E-state index in [4.69, 9.17) is 9.47 Å². The van der Waals surface area contributed by atoms with E-state index in [1.807, 2.05) is 0 Å². The van der Waals surface area contributed by atoms with Crippen LogP contribution in [0, 0.1) is 29.1 Å². The van der Waals surface area contributed by atoms with Gasteiger partial charge >= 0.3 is 0 Å². The molecule has 0 spiro atoms. The third-order valence-electron chi connectivity index (χ3n) is 8.99. The number of ether oxygens (including phenoxy) is 2. The Kier molecular flexibility index (Phi) is 4.34. The third kappa shape index (κ3) is 2.63. The summed E-state index contributed by atoms with van der Waals surface area (Å²) in [5, 5.41) is 11.9. The van der Waals surface area contributed by atoms with Crippen LogP contribution < -0.4 is 0 Å². The molecule has 2 heterocycles. The van der Waals surface area contributed by atoms with Crippen LogP contribution >= 0.6 is 0 Å². The summed E-state index contributed by atoms with van der Waals surface area (Å²) in [6.45, 7) is 5.34. The van der Waals surface area contributed by atoms with Crippen LogP contribution in [0.3, 0.4) is 0 Å². The molecule has 4 heteroatoms. The van der Waals surface area contributed by atoms with Crippen LogP contribution in [0.2, 0.25) is 0 Å².